The average Bonchev–Trinajstić information content (AvgIpc) is 2.28. The first-order valence-corrected chi connectivity index (χ1v) is 4.48. The number of fused-ring (bicyclic) bond motifs is 1. The maximum absolute atomic E-state index is 9.47. The molecule has 0 aliphatic rings. The van der Waals surface area contributed by atoms with E-state index in [1.165, 1.54) is 16.9 Å². The molecule has 2 rings (SSSR count). The van der Waals surface area contributed by atoms with Crippen LogP contribution in [-0.2, 0) is 0 Å². The van der Waals surface area contributed by atoms with Crippen LogP contribution in [0.2, 0.25) is 0 Å². The van der Waals surface area contributed by atoms with E-state index in [0.29, 0.717) is 5.00 Å². The summed E-state index contributed by atoms with van der Waals surface area (Å²) in [6.07, 6.45) is 0. The molecule has 0 amide bonds. The van der Waals surface area contributed by atoms with E-state index >= 15 is 0 Å². The second-order valence-corrected chi connectivity index (χ2v) is 3.90. The van der Waals surface area contributed by atoms with Crippen LogP contribution in [0, 0.1) is 6.92 Å². The van der Waals surface area contributed by atoms with Crippen LogP contribution in [0.4, 0.5) is 5.00 Å². The van der Waals surface area contributed by atoms with E-state index in [2.05, 4.69) is 0 Å². The highest BCUT2D eigenvalue weighted by Gasteiger charge is 2.06. The lowest BCUT2D eigenvalue weighted by molar-refractivity contribution is 0.486. The number of rotatable bonds is 0. The molecule has 0 saturated carbocycles. The van der Waals surface area contributed by atoms with Crippen LogP contribution in [0.3, 0.4) is 0 Å². The standard InChI is InChI=1S/C9H9NOS/c1-5-2-3-6-7(4-5)12-9(10)8(6)11/h2-4,11H,10H2,1H3. The fourth-order valence-electron chi connectivity index (χ4n) is 1.21. The zero-order valence-corrected chi connectivity index (χ0v) is 7.48. The first kappa shape index (κ1) is 7.43. The summed E-state index contributed by atoms with van der Waals surface area (Å²) in [7, 11) is 0. The number of hydrogen-bond acceptors (Lipinski definition) is 3. The molecule has 62 valence electrons. The topological polar surface area (TPSA) is 46.2 Å². The van der Waals surface area contributed by atoms with Gasteiger partial charge in [-0.25, -0.2) is 0 Å². The van der Waals surface area contributed by atoms with Crippen molar-refractivity contribution in [1.82, 2.24) is 0 Å². The van der Waals surface area contributed by atoms with E-state index in [0.717, 1.165) is 10.1 Å². The Labute approximate surface area is 74.3 Å². The van der Waals surface area contributed by atoms with E-state index in [1.807, 2.05) is 25.1 Å². The molecule has 0 spiro atoms. The number of aryl methyl sites for hydroxylation is 1. The molecule has 2 nitrogen and oxygen atoms in total. The second-order valence-electron chi connectivity index (χ2n) is 2.81. The molecule has 0 aliphatic heterocycles. The van der Waals surface area contributed by atoms with E-state index in [-0.39, 0.29) is 5.75 Å². The van der Waals surface area contributed by atoms with Crippen molar-refractivity contribution in [3.05, 3.63) is 23.8 Å². The number of hydrogen-bond donors (Lipinski definition) is 2. The van der Waals surface area contributed by atoms with Crippen molar-refractivity contribution in [2.45, 2.75) is 6.92 Å². The molecule has 3 N–H and O–H groups in total. The van der Waals surface area contributed by atoms with Crippen molar-refractivity contribution < 1.29 is 5.11 Å². The Balaban J connectivity index is 2.87. The molecule has 0 saturated heterocycles. The van der Waals surface area contributed by atoms with Gasteiger partial charge in [-0.2, -0.15) is 0 Å². The highest BCUT2D eigenvalue weighted by atomic mass is 32.1. The van der Waals surface area contributed by atoms with Crippen LogP contribution in [-0.4, -0.2) is 5.11 Å². The molecule has 1 heterocycles. The molecule has 0 radical (unpaired) electrons. The van der Waals surface area contributed by atoms with Gasteiger partial charge in [0.05, 0.1) is 0 Å². The Bertz CT molecular complexity index is 433. The van der Waals surface area contributed by atoms with Crippen molar-refractivity contribution in [3.8, 4) is 5.75 Å². The Morgan fingerprint density at radius 1 is 1.42 bits per heavy atom. The largest absolute Gasteiger partial charge is 0.504 e. The van der Waals surface area contributed by atoms with Gasteiger partial charge in [-0.1, -0.05) is 6.07 Å². The molecule has 2 aromatic rings. The molecule has 0 fully saturated rings. The van der Waals surface area contributed by atoms with Crippen LogP contribution in [0.5, 0.6) is 5.75 Å². The third-order valence-corrected chi connectivity index (χ3v) is 2.82. The van der Waals surface area contributed by atoms with Gasteiger partial charge in [0.2, 0.25) is 0 Å². The Hall–Kier alpha value is -1.22. The molecular formula is C9H9NOS. The van der Waals surface area contributed by atoms with Crippen LogP contribution >= 0.6 is 11.3 Å². The van der Waals surface area contributed by atoms with Gasteiger partial charge in [0.1, 0.15) is 5.00 Å². The molecular weight excluding hydrogens is 170 g/mol. The van der Waals surface area contributed by atoms with E-state index in [1.54, 1.807) is 0 Å². The van der Waals surface area contributed by atoms with Gasteiger partial charge in [-0.05, 0) is 24.6 Å². The van der Waals surface area contributed by atoms with Crippen molar-refractivity contribution in [2.24, 2.45) is 0 Å². The summed E-state index contributed by atoms with van der Waals surface area (Å²) in [5, 5.41) is 10.8. The molecule has 0 atom stereocenters. The fourth-order valence-corrected chi connectivity index (χ4v) is 2.17. The Morgan fingerprint density at radius 3 is 2.92 bits per heavy atom. The molecule has 1 aromatic heterocycles. The maximum Gasteiger partial charge on any atom is 0.157 e. The lowest BCUT2D eigenvalue weighted by atomic mass is 10.2. The van der Waals surface area contributed by atoms with Crippen LogP contribution in [0.25, 0.3) is 10.1 Å². The van der Waals surface area contributed by atoms with Crippen molar-refractivity contribution in [2.75, 3.05) is 5.73 Å². The van der Waals surface area contributed by atoms with Gasteiger partial charge in [0.25, 0.3) is 0 Å². The second kappa shape index (κ2) is 2.38. The smallest absolute Gasteiger partial charge is 0.157 e. The highest BCUT2D eigenvalue weighted by molar-refractivity contribution is 7.23. The highest BCUT2D eigenvalue weighted by Crippen LogP contribution is 2.39. The third-order valence-electron chi connectivity index (χ3n) is 1.85. The number of anilines is 1. The van der Waals surface area contributed by atoms with Gasteiger partial charge < -0.3 is 10.8 Å². The van der Waals surface area contributed by atoms with E-state index in [9.17, 15) is 5.11 Å². The van der Waals surface area contributed by atoms with Gasteiger partial charge in [0, 0.05) is 10.1 Å². The lowest BCUT2D eigenvalue weighted by Crippen LogP contribution is -1.75. The van der Waals surface area contributed by atoms with Crippen LogP contribution in [0.15, 0.2) is 18.2 Å². The normalized spacial score (nSPS) is 10.8. The maximum atomic E-state index is 9.47. The number of aromatic hydroxyl groups is 1. The van der Waals surface area contributed by atoms with Crippen molar-refractivity contribution in [3.63, 3.8) is 0 Å². The summed E-state index contributed by atoms with van der Waals surface area (Å²) in [5.41, 5.74) is 6.76. The van der Waals surface area contributed by atoms with Crippen molar-refractivity contribution in [1.29, 1.82) is 0 Å². The summed E-state index contributed by atoms with van der Waals surface area (Å²) >= 11 is 1.42. The van der Waals surface area contributed by atoms with Gasteiger partial charge in [0.15, 0.2) is 5.75 Å². The summed E-state index contributed by atoms with van der Waals surface area (Å²) in [4.78, 5) is 0. The molecule has 0 unspecified atom stereocenters. The lowest BCUT2D eigenvalue weighted by Gasteiger charge is -1.91. The van der Waals surface area contributed by atoms with E-state index in [4.69, 9.17) is 5.73 Å². The molecule has 0 aliphatic carbocycles. The first-order chi connectivity index (χ1) is 5.68. The minimum atomic E-state index is 0.218. The zero-order valence-electron chi connectivity index (χ0n) is 6.66. The average molecular weight is 179 g/mol. The molecule has 1 aromatic carbocycles. The zero-order chi connectivity index (χ0) is 8.72. The molecule has 0 bridgehead atoms. The van der Waals surface area contributed by atoms with E-state index < -0.39 is 0 Å². The Kier molecular flexibility index (Phi) is 1.48. The summed E-state index contributed by atoms with van der Waals surface area (Å²) in [6, 6.07) is 5.89. The van der Waals surface area contributed by atoms with Crippen LogP contribution < -0.4 is 5.73 Å². The van der Waals surface area contributed by atoms with Gasteiger partial charge in [-0.15, -0.1) is 11.3 Å². The first-order valence-electron chi connectivity index (χ1n) is 3.66. The van der Waals surface area contributed by atoms with Gasteiger partial charge in [-0.3, -0.25) is 0 Å². The van der Waals surface area contributed by atoms with Gasteiger partial charge >= 0.3 is 0 Å². The monoisotopic (exact) mass is 179 g/mol. The number of benzene rings is 1. The predicted molar refractivity (Wildman–Crippen MR) is 52.6 cm³/mol. The fraction of sp³-hybridized carbons (Fsp3) is 0.111. The number of nitrogen functional groups attached to an aromatic ring is 1. The number of thiophene rings is 1. The molecule has 12 heavy (non-hydrogen) atoms. The molecule has 3 heteroatoms. The third kappa shape index (κ3) is 0.940. The quantitative estimate of drug-likeness (QED) is 0.652. The summed E-state index contributed by atoms with van der Waals surface area (Å²) < 4.78 is 1.05. The van der Waals surface area contributed by atoms with Crippen LogP contribution in [0.1, 0.15) is 5.56 Å². The summed E-state index contributed by atoms with van der Waals surface area (Å²) in [6.45, 7) is 2.02. The SMILES string of the molecule is Cc1ccc2c(O)c(N)sc2c1. The number of nitrogens with two attached hydrogens (primary N) is 1. The van der Waals surface area contributed by atoms with Crippen molar-refractivity contribution >= 4 is 26.4 Å². The minimum Gasteiger partial charge on any atom is -0.504 e. The summed E-state index contributed by atoms with van der Waals surface area (Å²) in [5.74, 6) is 0.218. The predicted octanol–water partition coefficient (Wildman–Crippen LogP) is 2.50. The Morgan fingerprint density at radius 2 is 2.17 bits per heavy atom. The minimum absolute atomic E-state index is 0.218.